The molecule has 0 aliphatic carbocycles. The van der Waals surface area contributed by atoms with Gasteiger partial charge in [0.1, 0.15) is 5.75 Å². The number of hydrogen-bond acceptors (Lipinski definition) is 1. The van der Waals surface area contributed by atoms with Gasteiger partial charge in [0.2, 0.25) is 0 Å². The number of alkyl halides is 2. The highest BCUT2D eigenvalue weighted by atomic mass is 19.3. The number of benzene rings is 3. The van der Waals surface area contributed by atoms with Gasteiger partial charge in [0.25, 0.3) is 0 Å². The Morgan fingerprint density at radius 3 is 2.52 bits per heavy atom. The third kappa shape index (κ3) is 2.11. The molecule has 23 heavy (non-hydrogen) atoms. The van der Waals surface area contributed by atoms with E-state index in [9.17, 15) is 8.78 Å². The molecule has 116 valence electrons. The molecule has 0 amide bonds. The van der Waals surface area contributed by atoms with Gasteiger partial charge in [-0.2, -0.15) is 8.78 Å². The Bertz CT molecular complexity index is 928. The van der Waals surface area contributed by atoms with Gasteiger partial charge in [-0.05, 0) is 41.3 Å². The molecule has 0 N–H and O–H groups in total. The van der Waals surface area contributed by atoms with Crippen LogP contribution in [0, 0.1) is 6.92 Å². The van der Waals surface area contributed by atoms with Crippen LogP contribution in [0.2, 0.25) is 0 Å². The summed E-state index contributed by atoms with van der Waals surface area (Å²) < 4.78 is 34.5. The first-order chi connectivity index (χ1) is 11.0. The number of fused-ring (bicyclic) bond motifs is 5. The minimum atomic E-state index is -3.33. The lowest BCUT2D eigenvalue weighted by atomic mass is 9.90. The molecular formula is C20H16F2O. The molecule has 3 heteroatoms. The van der Waals surface area contributed by atoms with Crippen LogP contribution < -0.4 is 4.74 Å². The molecule has 4 rings (SSSR count). The summed E-state index contributed by atoms with van der Waals surface area (Å²) in [7, 11) is 0. The van der Waals surface area contributed by atoms with E-state index in [1.165, 1.54) is 0 Å². The normalized spacial score (nSPS) is 15.0. The van der Waals surface area contributed by atoms with Gasteiger partial charge in [-0.15, -0.1) is 0 Å². The van der Waals surface area contributed by atoms with E-state index in [0.717, 1.165) is 28.5 Å². The fourth-order valence-electron chi connectivity index (χ4n) is 3.27. The number of halogens is 2. The standard InChI is InChI=1S/C20H16F2O/c1-3-13-5-8-16-17-9-6-14-10-12(2)4-7-15(14)19(17)20(21,22)23-18(16)11-13/h4-11H,3H2,1-2H3. The van der Waals surface area contributed by atoms with Crippen molar-refractivity contribution in [3.8, 4) is 16.9 Å². The van der Waals surface area contributed by atoms with Crippen molar-refractivity contribution in [2.45, 2.75) is 26.4 Å². The first-order valence-electron chi connectivity index (χ1n) is 7.73. The predicted molar refractivity (Wildman–Crippen MR) is 88.0 cm³/mol. The van der Waals surface area contributed by atoms with Crippen LogP contribution in [0.25, 0.3) is 21.9 Å². The lowest BCUT2D eigenvalue weighted by Crippen LogP contribution is -2.26. The third-order valence-electron chi connectivity index (χ3n) is 4.45. The van der Waals surface area contributed by atoms with Gasteiger partial charge < -0.3 is 4.74 Å². The second-order valence-electron chi connectivity index (χ2n) is 6.02. The zero-order chi connectivity index (χ0) is 16.2. The lowest BCUT2D eigenvalue weighted by Gasteiger charge is -2.29. The van der Waals surface area contributed by atoms with Crippen LogP contribution in [0.3, 0.4) is 0 Å². The molecular weight excluding hydrogens is 294 g/mol. The number of ether oxygens (including phenoxy) is 1. The zero-order valence-corrected chi connectivity index (χ0v) is 13.0. The van der Waals surface area contributed by atoms with Crippen LogP contribution in [0.1, 0.15) is 23.6 Å². The molecule has 1 heterocycles. The van der Waals surface area contributed by atoms with Crippen molar-refractivity contribution in [1.29, 1.82) is 0 Å². The predicted octanol–water partition coefficient (Wildman–Crippen LogP) is 5.82. The van der Waals surface area contributed by atoms with E-state index in [1.807, 2.05) is 44.2 Å². The fourth-order valence-corrected chi connectivity index (χ4v) is 3.27. The maximum Gasteiger partial charge on any atom is 0.427 e. The number of hydrogen-bond donors (Lipinski definition) is 0. The molecule has 0 saturated carbocycles. The molecule has 0 atom stereocenters. The average molecular weight is 310 g/mol. The highest BCUT2D eigenvalue weighted by Gasteiger charge is 2.43. The highest BCUT2D eigenvalue weighted by molar-refractivity contribution is 5.94. The number of aryl methyl sites for hydroxylation is 2. The summed E-state index contributed by atoms with van der Waals surface area (Å²) in [6.45, 7) is 3.95. The van der Waals surface area contributed by atoms with E-state index < -0.39 is 6.11 Å². The molecule has 1 aliphatic rings. The summed E-state index contributed by atoms with van der Waals surface area (Å²) in [5.41, 5.74) is 3.28. The Morgan fingerprint density at radius 2 is 1.74 bits per heavy atom. The molecule has 0 spiro atoms. The summed E-state index contributed by atoms with van der Waals surface area (Å²) >= 11 is 0. The van der Waals surface area contributed by atoms with Crippen molar-refractivity contribution in [2.24, 2.45) is 0 Å². The van der Waals surface area contributed by atoms with Crippen molar-refractivity contribution in [3.63, 3.8) is 0 Å². The van der Waals surface area contributed by atoms with Gasteiger partial charge >= 0.3 is 6.11 Å². The molecule has 3 aromatic carbocycles. The van der Waals surface area contributed by atoms with Crippen LogP contribution >= 0.6 is 0 Å². The van der Waals surface area contributed by atoms with Crippen molar-refractivity contribution in [1.82, 2.24) is 0 Å². The molecule has 0 radical (unpaired) electrons. The summed E-state index contributed by atoms with van der Waals surface area (Å²) in [4.78, 5) is 0. The second kappa shape index (κ2) is 4.79. The molecule has 0 saturated heterocycles. The van der Waals surface area contributed by atoms with Gasteiger partial charge in [0, 0.05) is 5.56 Å². The zero-order valence-electron chi connectivity index (χ0n) is 13.0. The summed E-state index contributed by atoms with van der Waals surface area (Å²) in [6, 6.07) is 14.8. The Hall–Kier alpha value is -2.42. The summed E-state index contributed by atoms with van der Waals surface area (Å²) in [6.07, 6.45) is -2.55. The van der Waals surface area contributed by atoms with E-state index in [0.29, 0.717) is 10.9 Å². The molecule has 0 aromatic heterocycles. The molecule has 1 aliphatic heterocycles. The molecule has 0 unspecified atom stereocenters. The van der Waals surface area contributed by atoms with Crippen molar-refractivity contribution in [3.05, 3.63) is 65.2 Å². The molecule has 3 aromatic rings. The monoisotopic (exact) mass is 310 g/mol. The van der Waals surface area contributed by atoms with Crippen molar-refractivity contribution >= 4 is 10.8 Å². The minimum absolute atomic E-state index is 0.0354. The van der Waals surface area contributed by atoms with Crippen LogP contribution in [-0.2, 0) is 12.5 Å². The molecule has 0 fully saturated rings. The smallest absolute Gasteiger partial charge is 0.427 e. The quantitative estimate of drug-likeness (QED) is 0.550. The third-order valence-corrected chi connectivity index (χ3v) is 4.45. The van der Waals surface area contributed by atoms with Gasteiger partial charge in [0.15, 0.2) is 0 Å². The highest BCUT2D eigenvalue weighted by Crippen LogP contribution is 2.49. The van der Waals surface area contributed by atoms with Gasteiger partial charge in [0.05, 0.1) is 5.56 Å². The fraction of sp³-hybridized carbons (Fsp3) is 0.200. The van der Waals surface area contributed by atoms with E-state index in [1.54, 1.807) is 18.2 Å². The Morgan fingerprint density at radius 1 is 0.957 bits per heavy atom. The van der Waals surface area contributed by atoms with Crippen LogP contribution in [-0.4, -0.2) is 0 Å². The Labute approximate surface area is 133 Å². The lowest BCUT2D eigenvalue weighted by molar-refractivity contribution is -0.185. The van der Waals surface area contributed by atoms with Crippen LogP contribution in [0.5, 0.6) is 5.75 Å². The average Bonchev–Trinajstić information content (AvgIpc) is 2.52. The summed E-state index contributed by atoms with van der Waals surface area (Å²) in [5.74, 6) is 0.258. The number of rotatable bonds is 1. The van der Waals surface area contributed by atoms with Gasteiger partial charge in [-0.1, -0.05) is 55.0 Å². The van der Waals surface area contributed by atoms with Crippen LogP contribution in [0.4, 0.5) is 8.78 Å². The van der Waals surface area contributed by atoms with E-state index >= 15 is 0 Å². The van der Waals surface area contributed by atoms with Crippen molar-refractivity contribution < 1.29 is 13.5 Å². The molecule has 0 bridgehead atoms. The first kappa shape index (κ1) is 14.2. The van der Waals surface area contributed by atoms with E-state index in [2.05, 4.69) is 0 Å². The minimum Gasteiger partial charge on any atom is -0.428 e. The van der Waals surface area contributed by atoms with Gasteiger partial charge in [-0.25, -0.2) is 0 Å². The SMILES string of the molecule is CCc1ccc2c(c1)OC(F)(F)c1c-2ccc2cc(C)ccc12. The van der Waals surface area contributed by atoms with Crippen molar-refractivity contribution in [2.75, 3.05) is 0 Å². The van der Waals surface area contributed by atoms with Crippen LogP contribution in [0.15, 0.2) is 48.5 Å². The Balaban J connectivity index is 2.06. The maximum atomic E-state index is 14.7. The largest absolute Gasteiger partial charge is 0.428 e. The topological polar surface area (TPSA) is 9.23 Å². The van der Waals surface area contributed by atoms with E-state index in [-0.39, 0.29) is 11.3 Å². The maximum absolute atomic E-state index is 14.7. The second-order valence-corrected chi connectivity index (χ2v) is 6.02. The molecule has 1 nitrogen and oxygen atoms in total. The van der Waals surface area contributed by atoms with E-state index in [4.69, 9.17) is 4.74 Å². The first-order valence-corrected chi connectivity index (χ1v) is 7.73. The Kier molecular flexibility index (Phi) is 2.95. The summed E-state index contributed by atoms with van der Waals surface area (Å²) in [5, 5.41) is 1.35. The van der Waals surface area contributed by atoms with Gasteiger partial charge in [-0.3, -0.25) is 0 Å².